The number of nitrogens with one attached hydrogen (secondary N) is 2. The van der Waals surface area contributed by atoms with Gasteiger partial charge in [0.1, 0.15) is 0 Å². The van der Waals surface area contributed by atoms with Gasteiger partial charge in [0.2, 0.25) is 0 Å². The number of methoxy groups -OCH3 is 2. The standard InChI is InChI=1S/C24H33N3O3.HI/c1-4-25-24(26-16-18-12-13-21(28-2)22(15-18)29-3)27-17-20-11-8-14-30-23(20)19-9-6-5-7-10-19;/h5-7,9-10,12-13,15,20,23H,4,8,11,14,16-17H2,1-3H3,(H2,25,26,27);1H. The maximum atomic E-state index is 6.12. The SMILES string of the molecule is CCNC(=NCc1ccc(OC)c(OC)c1)NCC1CCCOC1c1ccccc1.I. The summed E-state index contributed by atoms with van der Waals surface area (Å²) in [6.07, 6.45) is 2.36. The topological polar surface area (TPSA) is 64.1 Å². The van der Waals surface area contributed by atoms with Gasteiger partial charge >= 0.3 is 0 Å². The van der Waals surface area contributed by atoms with Crippen LogP contribution in [0.25, 0.3) is 0 Å². The Morgan fingerprint density at radius 1 is 1.06 bits per heavy atom. The molecule has 0 spiro atoms. The van der Waals surface area contributed by atoms with Gasteiger partial charge in [-0.25, -0.2) is 4.99 Å². The van der Waals surface area contributed by atoms with Crippen LogP contribution in [0.4, 0.5) is 0 Å². The number of aliphatic imine (C=N–C) groups is 1. The number of ether oxygens (including phenoxy) is 3. The highest BCUT2D eigenvalue weighted by Gasteiger charge is 2.27. The number of guanidine groups is 1. The Balaban J connectivity index is 0.00000341. The fraction of sp³-hybridized carbons (Fsp3) is 0.458. The Labute approximate surface area is 202 Å². The third-order valence-electron chi connectivity index (χ3n) is 5.32. The van der Waals surface area contributed by atoms with E-state index in [1.165, 1.54) is 5.56 Å². The van der Waals surface area contributed by atoms with Crippen molar-refractivity contribution in [2.45, 2.75) is 32.4 Å². The van der Waals surface area contributed by atoms with Gasteiger partial charge in [-0.3, -0.25) is 0 Å². The van der Waals surface area contributed by atoms with Gasteiger partial charge in [-0.15, -0.1) is 24.0 Å². The van der Waals surface area contributed by atoms with Crippen molar-refractivity contribution >= 4 is 29.9 Å². The summed E-state index contributed by atoms with van der Waals surface area (Å²) >= 11 is 0. The number of nitrogens with zero attached hydrogens (tertiary/aromatic N) is 1. The first kappa shape index (κ1) is 25.3. The van der Waals surface area contributed by atoms with E-state index in [1.807, 2.05) is 24.3 Å². The van der Waals surface area contributed by atoms with Crippen LogP contribution in [-0.4, -0.2) is 39.9 Å². The lowest BCUT2D eigenvalue weighted by Crippen LogP contribution is -2.42. The Hall–Kier alpha value is -2.00. The molecule has 3 rings (SSSR count). The molecular weight excluding hydrogens is 505 g/mol. The minimum absolute atomic E-state index is 0. The average molecular weight is 539 g/mol. The first-order valence-corrected chi connectivity index (χ1v) is 10.6. The van der Waals surface area contributed by atoms with Crippen LogP contribution < -0.4 is 20.1 Å². The first-order valence-electron chi connectivity index (χ1n) is 10.6. The van der Waals surface area contributed by atoms with Crippen molar-refractivity contribution in [2.75, 3.05) is 33.9 Å². The van der Waals surface area contributed by atoms with Crippen molar-refractivity contribution in [1.29, 1.82) is 0 Å². The van der Waals surface area contributed by atoms with E-state index >= 15 is 0 Å². The van der Waals surface area contributed by atoms with Crippen LogP contribution in [0.2, 0.25) is 0 Å². The summed E-state index contributed by atoms with van der Waals surface area (Å²) in [6.45, 7) is 5.07. The van der Waals surface area contributed by atoms with Crippen LogP contribution in [-0.2, 0) is 11.3 Å². The largest absolute Gasteiger partial charge is 0.493 e. The van der Waals surface area contributed by atoms with Crippen LogP contribution in [0.15, 0.2) is 53.5 Å². The Kier molecular flexibility index (Phi) is 10.9. The number of hydrogen-bond acceptors (Lipinski definition) is 4. The summed E-state index contributed by atoms with van der Waals surface area (Å²) in [5.74, 6) is 2.66. The van der Waals surface area contributed by atoms with Crippen molar-refractivity contribution in [2.24, 2.45) is 10.9 Å². The monoisotopic (exact) mass is 539 g/mol. The quantitative estimate of drug-likeness (QED) is 0.293. The molecule has 31 heavy (non-hydrogen) atoms. The van der Waals surface area contributed by atoms with Crippen LogP contribution in [0.3, 0.4) is 0 Å². The lowest BCUT2D eigenvalue weighted by atomic mass is 9.89. The molecule has 0 amide bonds. The molecule has 7 heteroatoms. The molecule has 2 aromatic carbocycles. The Morgan fingerprint density at radius 2 is 1.84 bits per heavy atom. The molecule has 0 saturated carbocycles. The molecule has 0 aromatic heterocycles. The molecule has 2 aromatic rings. The molecule has 0 bridgehead atoms. The molecule has 170 valence electrons. The summed E-state index contributed by atoms with van der Waals surface area (Å²) in [4.78, 5) is 4.75. The molecule has 2 unspecified atom stereocenters. The predicted molar refractivity (Wildman–Crippen MR) is 136 cm³/mol. The molecule has 0 aliphatic carbocycles. The number of halogens is 1. The van der Waals surface area contributed by atoms with Crippen LogP contribution in [0.1, 0.15) is 37.0 Å². The normalized spacial score (nSPS) is 18.6. The van der Waals surface area contributed by atoms with E-state index in [0.29, 0.717) is 18.2 Å². The minimum Gasteiger partial charge on any atom is -0.493 e. The first-order chi connectivity index (χ1) is 14.7. The summed E-state index contributed by atoms with van der Waals surface area (Å²) in [5.41, 5.74) is 2.31. The van der Waals surface area contributed by atoms with E-state index in [-0.39, 0.29) is 30.1 Å². The number of hydrogen-bond donors (Lipinski definition) is 2. The lowest BCUT2D eigenvalue weighted by Gasteiger charge is -2.32. The fourth-order valence-corrected chi connectivity index (χ4v) is 3.78. The lowest BCUT2D eigenvalue weighted by molar-refractivity contribution is -0.0265. The fourth-order valence-electron chi connectivity index (χ4n) is 3.78. The highest BCUT2D eigenvalue weighted by atomic mass is 127. The van der Waals surface area contributed by atoms with Gasteiger partial charge in [-0.1, -0.05) is 36.4 Å². The molecule has 1 aliphatic rings. The summed E-state index contributed by atoms with van der Waals surface area (Å²) in [5, 5.41) is 6.85. The van der Waals surface area contributed by atoms with E-state index in [0.717, 1.165) is 49.8 Å². The zero-order chi connectivity index (χ0) is 21.2. The van der Waals surface area contributed by atoms with Crippen LogP contribution in [0, 0.1) is 5.92 Å². The summed E-state index contributed by atoms with van der Waals surface area (Å²) in [6, 6.07) is 16.4. The van der Waals surface area contributed by atoms with E-state index < -0.39 is 0 Å². The van der Waals surface area contributed by atoms with Gasteiger partial charge in [-0.2, -0.15) is 0 Å². The minimum atomic E-state index is 0. The van der Waals surface area contributed by atoms with E-state index in [9.17, 15) is 0 Å². The number of benzene rings is 2. The van der Waals surface area contributed by atoms with Gasteiger partial charge in [0.15, 0.2) is 17.5 Å². The summed E-state index contributed by atoms with van der Waals surface area (Å²) in [7, 11) is 3.28. The van der Waals surface area contributed by atoms with E-state index in [1.54, 1.807) is 14.2 Å². The van der Waals surface area contributed by atoms with Crippen LogP contribution >= 0.6 is 24.0 Å². The Bertz CT molecular complexity index is 817. The molecule has 2 N–H and O–H groups in total. The molecular formula is C24H34IN3O3. The molecule has 1 aliphatic heterocycles. The third-order valence-corrected chi connectivity index (χ3v) is 5.32. The maximum absolute atomic E-state index is 6.12. The zero-order valence-corrected chi connectivity index (χ0v) is 20.9. The second-order valence-corrected chi connectivity index (χ2v) is 7.37. The molecule has 1 fully saturated rings. The van der Waals surface area contributed by atoms with Crippen molar-refractivity contribution in [1.82, 2.24) is 10.6 Å². The third kappa shape index (κ3) is 7.28. The summed E-state index contributed by atoms with van der Waals surface area (Å²) < 4.78 is 16.8. The molecule has 0 radical (unpaired) electrons. The second kappa shape index (κ2) is 13.4. The molecule has 1 saturated heterocycles. The maximum Gasteiger partial charge on any atom is 0.191 e. The van der Waals surface area contributed by atoms with Gasteiger partial charge in [0.25, 0.3) is 0 Å². The van der Waals surface area contributed by atoms with Gasteiger partial charge in [0.05, 0.1) is 26.9 Å². The smallest absolute Gasteiger partial charge is 0.191 e. The van der Waals surface area contributed by atoms with Crippen molar-refractivity contribution in [3.63, 3.8) is 0 Å². The Morgan fingerprint density at radius 3 is 2.55 bits per heavy atom. The molecule has 2 atom stereocenters. The highest BCUT2D eigenvalue weighted by Crippen LogP contribution is 2.33. The van der Waals surface area contributed by atoms with Crippen molar-refractivity contribution in [3.8, 4) is 11.5 Å². The predicted octanol–water partition coefficient (Wildman–Crippen LogP) is 4.54. The number of rotatable bonds is 8. The zero-order valence-electron chi connectivity index (χ0n) is 18.6. The van der Waals surface area contributed by atoms with E-state index in [4.69, 9.17) is 19.2 Å². The van der Waals surface area contributed by atoms with Gasteiger partial charge in [-0.05, 0) is 43.0 Å². The van der Waals surface area contributed by atoms with Crippen molar-refractivity contribution in [3.05, 3.63) is 59.7 Å². The highest BCUT2D eigenvalue weighted by molar-refractivity contribution is 14.0. The van der Waals surface area contributed by atoms with E-state index in [2.05, 4.69) is 41.8 Å². The second-order valence-electron chi connectivity index (χ2n) is 7.37. The van der Waals surface area contributed by atoms with Crippen molar-refractivity contribution < 1.29 is 14.2 Å². The van der Waals surface area contributed by atoms with Gasteiger partial charge < -0.3 is 24.8 Å². The van der Waals surface area contributed by atoms with Crippen LogP contribution in [0.5, 0.6) is 11.5 Å². The molecule has 6 nitrogen and oxygen atoms in total. The van der Waals surface area contributed by atoms with Gasteiger partial charge in [0, 0.05) is 25.6 Å². The molecule has 1 heterocycles. The average Bonchev–Trinajstić information content (AvgIpc) is 2.81.